The fourth-order valence-corrected chi connectivity index (χ4v) is 3.41. The van der Waals surface area contributed by atoms with Crippen molar-refractivity contribution >= 4 is 5.91 Å². The first kappa shape index (κ1) is 16.7. The van der Waals surface area contributed by atoms with Crippen LogP contribution in [-0.4, -0.2) is 47.5 Å². The van der Waals surface area contributed by atoms with Crippen LogP contribution in [0.1, 0.15) is 35.0 Å². The van der Waals surface area contributed by atoms with Gasteiger partial charge < -0.3 is 14.3 Å². The Kier molecular flexibility index (Phi) is 5.00. The first-order valence-corrected chi connectivity index (χ1v) is 8.51. The van der Waals surface area contributed by atoms with Crippen molar-refractivity contribution in [3.05, 3.63) is 52.9 Å². The minimum Gasteiger partial charge on any atom is -0.361 e. The molecule has 1 atom stereocenters. The van der Waals surface area contributed by atoms with E-state index in [-0.39, 0.29) is 11.9 Å². The molecule has 3 rings (SSSR count). The summed E-state index contributed by atoms with van der Waals surface area (Å²) < 4.78 is 5.20. The summed E-state index contributed by atoms with van der Waals surface area (Å²) in [4.78, 5) is 17.2. The lowest BCUT2D eigenvalue weighted by molar-refractivity contribution is -0.136. The number of hydrogen-bond acceptors (Lipinski definition) is 4. The molecule has 5 nitrogen and oxygen atoms in total. The Morgan fingerprint density at radius 2 is 2.00 bits per heavy atom. The third-order valence-corrected chi connectivity index (χ3v) is 4.86. The summed E-state index contributed by atoms with van der Waals surface area (Å²) >= 11 is 0. The SMILES string of the molecule is Cc1noc(C)c1CCC(=O)N1CCN(C)C[C@@H]1c1ccccc1. The number of amides is 1. The first-order chi connectivity index (χ1) is 11.6. The molecule has 0 saturated carbocycles. The molecule has 0 radical (unpaired) electrons. The molecule has 0 aliphatic carbocycles. The Hall–Kier alpha value is -2.14. The molecule has 24 heavy (non-hydrogen) atoms. The highest BCUT2D eigenvalue weighted by atomic mass is 16.5. The molecule has 1 aromatic heterocycles. The summed E-state index contributed by atoms with van der Waals surface area (Å²) in [7, 11) is 2.11. The quantitative estimate of drug-likeness (QED) is 0.866. The van der Waals surface area contributed by atoms with Gasteiger partial charge in [0.15, 0.2) is 0 Å². The zero-order valence-corrected chi connectivity index (χ0v) is 14.7. The molecule has 1 amide bonds. The molecule has 1 aliphatic heterocycles. The molecule has 0 bridgehead atoms. The summed E-state index contributed by atoms with van der Waals surface area (Å²) in [6.07, 6.45) is 1.18. The number of likely N-dealkylation sites (N-methyl/N-ethyl adjacent to an activating group) is 1. The van der Waals surface area contributed by atoms with Crippen LogP contribution in [0.4, 0.5) is 0 Å². The molecule has 0 spiro atoms. The Bertz CT molecular complexity index is 676. The number of benzene rings is 1. The van der Waals surface area contributed by atoms with E-state index in [1.54, 1.807) is 0 Å². The average Bonchev–Trinajstić information content (AvgIpc) is 2.91. The zero-order valence-electron chi connectivity index (χ0n) is 14.7. The highest BCUT2D eigenvalue weighted by Gasteiger charge is 2.30. The molecular formula is C19H25N3O2. The van der Waals surface area contributed by atoms with Gasteiger partial charge in [0.05, 0.1) is 11.7 Å². The zero-order chi connectivity index (χ0) is 17.1. The standard InChI is InChI=1S/C19H25N3O2/c1-14-17(15(2)24-20-14)9-10-19(23)22-12-11-21(3)13-18(22)16-7-5-4-6-8-16/h4-8,18H,9-13H2,1-3H3/t18-/m1/s1. The van der Waals surface area contributed by atoms with E-state index in [1.807, 2.05) is 36.9 Å². The van der Waals surface area contributed by atoms with E-state index in [0.717, 1.165) is 36.7 Å². The third kappa shape index (κ3) is 3.51. The van der Waals surface area contributed by atoms with Crippen LogP contribution in [0.3, 0.4) is 0 Å². The maximum absolute atomic E-state index is 12.9. The molecule has 2 heterocycles. The summed E-state index contributed by atoms with van der Waals surface area (Å²) in [6, 6.07) is 10.4. The van der Waals surface area contributed by atoms with Gasteiger partial charge in [-0.15, -0.1) is 0 Å². The number of nitrogens with zero attached hydrogens (tertiary/aromatic N) is 3. The van der Waals surface area contributed by atoms with E-state index in [0.29, 0.717) is 12.8 Å². The minimum absolute atomic E-state index is 0.127. The predicted molar refractivity (Wildman–Crippen MR) is 92.7 cm³/mol. The normalized spacial score (nSPS) is 18.8. The Balaban J connectivity index is 1.72. The van der Waals surface area contributed by atoms with Crippen molar-refractivity contribution in [3.8, 4) is 0 Å². The van der Waals surface area contributed by atoms with Crippen LogP contribution in [0.15, 0.2) is 34.9 Å². The predicted octanol–water partition coefficient (Wildman–Crippen LogP) is 2.74. The van der Waals surface area contributed by atoms with Gasteiger partial charge in [-0.05, 0) is 32.9 Å². The van der Waals surface area contributed by atoms with E-state index < -0.39 is 0 Å². The molecular weight excluding hydrogens is 302 g/mol. The van der Waals surface area contributed by atoms with E-state index in [4.69, 9.17) is 4.52 Å². The van der Waals surface area contributed by atoms with Crippen molar-refractivity contribution in [2.24, 2.45) is 0 Å². The van der Waals surface area contributed by atoms with E-state index >= 15 is 0 Å². The van der Waals surface area contributed by atoms with Gasteiger partial charge in [0.25, 0.3) is 0 Å². The summed E-state index contributed by atoms with van der Waals surface area (Å²) in [5, 5.41) is 3.97. The number of rotatable bonds is 4. The second kappa shape index (κ2) is 7.18. The molecule has 1 aromatic carbocycles. The van der Waals surface area contributed by atoms with Crippen LogP contribution in [0.5, 0.6) is 0 Å². The highest BCUT2D eigenvalue weighted by molar-refractivity contribution is 5.77. The summed E-state index contributed by atoms with van der Waals surface area (Å²) in [6.45, 7) is 6.40. The minimum atomic E-state index is 0.127. The van der Waals surface area contributed by atoms with E-state index in [1.165, 1.54) is 5.56 Å². The number of aromatic nitrogens is 1. The third-order valence-electron chi connectivity index (χ3n) is 4.86. The Morgan fingerprint density at radius 1 is 1.25 bits per heavy atom. The van der Waals surface area contributed by atoms with Crippen molar-refractivity contribution in [1.82, 2.24) is 15.0 Å². The van der Waals surface area contributed by atoms with Crippen LogP contribution < -0.4 is 0 Å². The van der Waals surface area contributed by atoms with Crippen molar-refractivity contribution in [3.63, 3.8) is 0 Å². The van der Waals surface area contributed by atoms with Crippen molar-refractivity contribution in [2.45, 2.75) is 32.7 Å². The van der Waals surface area contributed by atoms with Crippen LogP contribution in [0.2, 0.25) is 0 Å². The van der Waals surface area contributed by atoms with Gasteiger partial charge in [0.1, 0.15) is 5.76 Å². The van der Waals surface area contributed by atoms with Gasteiger partial charge in [-0.25, -0.2) is 0 Å². The number of carbonyl (C=O) groups is 1. The lowest BCUT2D eigenvalue weighted by Gasteiger charge is -2.40. The van der Waals surface area contributed by atoms with Gasteiger partial charge in [-0.3, -0.25) is 4.79 Å². The van der Waals surface area contributed by atoms with Crippen molar-refractivity contribution in [1.29, 1.82) is 0 Å². The monoisotopic (exact) mass is 327 g/mol. The van der Waals surface area contributed by atoms with Gasteiger partial charge in [0, 0.05) is 31.6 Å². The van der Waals surface area contributed by atoms with Crippen molar-refractivity contribution in [2.75, 3.05) is 26.7 Å². The average molecular weight is 327 g/mol. The van der Waals surface area contributed by atoms with Crippen LogP contribution in [0, 0.1) is 13.8 Å². The maximum Gasteiger partial charge on any atom is 0.223 e. The number of aryl methyl sites for hydroxylation is 2. The smallest absolute Gasteiger partial charge is 0.223 e. The molecule has 1 fully saturated rings. The molecule has 1 saturated heterocycles. The summed E-state index contributed by atoms with van der Waals surface area (Å²) in [5.74, 6) is 1.02. The Morgan fingerprint density at radius 3 is 2.67 bits per heavy atom. The van der Waals surface area contributed by atoms with Gasteiger partial charge in [-0.2, -0.15) is 0 Å². The fourth-order valence-electron chi connectivity index (χ4n) is 3.41. The van der Waals surface area contributed by atoms with Crippen LogP contribution >= 0.6 is 0 Å². The second-order valence-corrected chi connectivity index (χ2v) is 6.58. The fraction of sp³-hybridized carbons (Fsp3) is 0.474. The highest BCUT2D eigenvalue weighted by Crippen LogP contribution is 2.26. The first-order valence-electron chi connectivity index (χ1n) is 8.51. The van der Waals surface area contributed by atoms with E-state index in [9.17, 15) is 4.79 Å². The topological polar surface area (TPSA) is 49.6 Å². The van der Waals surface area contributed by atoms with Crippen molar-refractivity contribution < 1.29 is 9.32 Å². The molecule has 0 unspecified atom stereocenters. The lowest BCUT2D eigenvalue weighted by atomic mass is 10.0. The van der Waals surface area contributed by atoms with E-state index in [2.05, 4.69) is 29.2 Å². The largest absolute Gasteiger partial charge is 0.361 e. The van der Waals surface area contributed by atoms with Gasteiger partial charge in [0.2, 0.25) is 5.91 Å². The molecule has 2 aromatic rings. The molecule has 5 heteroatoms. The van der Waals surface area contributed by atoms with Crippen LogP contribution in [-0.2, 0) is 11.2 Å². The van der Waals surface area contributed by atoms with Gasteiger partial charge >= 0.3 is 0 Å². The number of piperazine rings is 1. The molecule has 0 N–H and O–H groups in total. The number of hydrogen-bond donors (Lipinski definition) is 0. The second-order valence-electron chi connectivity index (χ2n) is 6.58. The number of carbonyl (C=O) groups excluding carboxylic acids is 1. The molecule has 128 valence electrons. The maximum atomic E-state index is 12.9. The van der Waals surface area contributed by atoms with Gasteiger partial charge in [-0.1, -0.05) is 35.5 Å². The van der Waals surface area contributed by atoms with Crippen LogP contribution in [0.25, 0.3) is 0 Å². The Labute approximate surface area is 143 Å². The summed E-state index contributed by atoms with van der Waals surface area (Å²) in [5.41, 5.74) is 3.15. The molecule has 1 aliphatic rings. The lowest BCUT2D eigenvalue weighted by Crippen LogP contribution is -2.49.